The Bertz CT molecular complexity index is 197. The van der Waals surface area contributed by atoms with Crippen molar-refractivity contribution >= 4 is 17.6 Å². The molecule has 2 atom stereocenters. The zero-order valence-electron chi connectivity index (χ0n) is 9.30. The van der Waals surface area contributed by atoms with Gasteiger partial charge in [0.15, 0.2) is 0 Å². The van der Waals surface area contributed by atoms with Crippen LogP contribution in [-0.2, 0) is 9.53 Å². The van der Waals surface area contributed by atoms with Gasteiger partial charge in [0.2, 0.25) is 0 Å². The van der Waals surface area contributed by atoms with Crippen molar-refractivity contribution in [1.29, 1.82) is 0 Å². The fourth-order valence-electron chi connectivity index (χ4n) is 2.16. The lowest BCUT2D eigenvalue weighted by Gasteiger charge is -2.31. The molecule has 1 heterocycles. The van der Waals surface area contributed by atoms with E-state index < -0.39 is 0 Å². The summed E-state index contributed by atoms with van der Waals surface area (Å²) in [6.07, 6.45) is 2.59. The number of nitrogens with one attached hydrogen (secondary N) is 1. The third-order valence-electron chi connectivity index (χ3n) is 2.98. The summed E-state index contributed by atoms with van der Waals surface area (Å²) >= 11 is 5.75. The molecule has 0 unspecified atom stereocenters. The van der Waals surface area contributed by atoms with Gasteiger partial charge in [0.25, 0.3) is 0 Å². The predicted octanol–water partition coefficient (Wildman–Crippen LogP) is 1.79. The molecule has 1 N–H and O–H groups in total. The lowest BCUT2D eigenvalue weighted by molar-refractivity contribution is -0.144. The second kappa shape index (κ2) is 7.07. The van der Waals surface area contributed by atoms with Gasteiger partial charge in [0, 0.05) is 12.3 Å². The molecule has 4 heteroatoms. The quantitative estimate of drug-likeness (QED) is 0.581. The summed E-state index contributed by atoms with van der Waals surface area (Å²) in [6, 6.07) is 0. The van der Waals surface area contributed by atoms with Crippen molar-refractivity contribution < 1.29 is 9.53 Å². The molecule has 0 aliphatic carbocycles. The van der Waals surface area contributed by atoms with Crippen molar-refractivity contribution in [2.75, 3.05) is 25.6 Å². The highest BCUT2D eigenvalue weighted by Crippen LogP contribution is 2.26. The van der Waals surface area contributed by atoms with Crippen LogP contribution < -0.4 is 5.32 Å². The molecule has 0 spiro atoms. The zero-order chi connectivity index (χ0) is 11.1. The van der Waals surface area contributed by atoms with Gasteiger partial charge in [0.05, 0.1) is 6.61 Å². The SMILES string of the molecule is CCOC(=O)C[C@H]1CCNC[C@@H]1CCCl. The maximum absolute atomic E-state index is 11.4. The van der Waals surface area contributed by atoms with Crippen LogP contribution in [0.15, 0.2) is 0 Å². The maximum Gasteiger partial charge on any atom is 0.306 e. The normalized spacial score (nSPS) is 26.3. The van der Waals surface area contributed by atoms with Crippen LogP contribution in [0.5, 0.6) is 0 Å². The fraction of sp³-hybridized carbons (Fsp3) is 0.909. The van der Waals surface area contributed by atoms with Crippen molar-refractivity contribution in [3.63, 3.8) is 0 Å². The van der Waals surface area contributed by atoms with Crippen LogP contribution in [0, 0.1) is 11.8 Å². The van der Waals surface area contributed by atoms with E-state index in [0.717, 1.165) is 25.9 Å². The molecular formula is C11H20ClNO2. The van der Waals surface area contributed by atoms with E-state index in [1.54, 1.807) is 0 Å². The molecule has 0 aromatic rings. The van der Waals surface area contributed by atoms with Crippen molar-refractivity contribution in [3.8, 4) is 0 Å². The molecular weight excluding hydrogens is 214 g/mol. The summed E-state index contributed by atoms with van der Waals surface area (Å²) in [5.41, 5.74) is 0. The van der Waals surface area contributed by atoms with Gasteiger partial charge in [0.1, 0.15) is 0 Å². The maximum atomic E-state index is 11.4. The predicted molar refractivity (Wildman–Crippen MR) is 61.1 cm³/mol. The Hall–Kier alpha value is -0.280. The fourth-order valence-corrected chi connectivity index (χ4v) is 2.44. The van der Waals surface area contributed by atoms with Crippen molar-refractivity contribution in [2.45, 2.75) is 26.2 Å². The Kier molecular flexibility index (Phi) is 6.03. The van der Waals surface area contributed by atoms with Crippen LogP contribution in [0.1, 0.15) is 26.2 Å². The number of halogens is 1. The molecule has 88 valence electrons. The molecule has 1 aliphatic heterocycles. The Morgan fingerprint density at radius 3 is 3.00 bits per heavy atom. The number of hydrogen-bond acceptors (Lipinski definition) is 3. The monoisotopic (exact) mass is 233 g/mol. The molecule has 0 aromatic carbocycles. The summed E-state index contributed by atoms with van der Waals surface area (Å²) in [7, 11) is 0. The molecule has 1 fully saturated rings. The number of carbonyl (C=O) groups excluding carboxylic acids is 1. The zero-order valence-corrected chi connectivity index (χ0v) is 10.1. The number of piperidine rings is 1. The van der Waals surface area contributed by atoms with Gasteiger partial charge >= 0.3 is 5.97 Å². The van der Waals surface area contributed by atoms with Gasteiger partial charge < -0.3 is 10.1 Å². The third-order valence-corrected chi connectivity index (χ3v) is 3.20. The molecule has 0 aromatic heterocycles. The molecule has 0 radical (unpaired) electrons. The third kappa shape index (κ3) is 4.39. The summed E-state index contributed by atoms with van der Waals surface area (Å²) in [5, 5.41) is 3.34. The standard InChI is InChI=1S/C11H20ClNO2/c1-2-15-11(14)7-9-4-6-13-8-10(9)3-5-12/h9-10,13H,2-8H2,1H3/t9-,10+/m1/s1. The van der Waals surface area contributed by atoms with Gasteiger partial charge in [-0.3, -0.25) is 4.79 Å². The highest BCUT2D eigenvalue weighted by molar-refractivity contribution is 6.17. The largest absolute Gasteiger partial charge is 0.466 e. The van der Waals surface area contributed by atoms with Gasteiger partial charge in [-0.1, -0.05) is 0 Å². The van der Waals surface area contributed by atoms with E-state index in [0.29, 0.717) is 30.7 Å². The second-order valence-corrected chi connectivity index (χ2v) is 4.38. The van der Waals surface area contributed by atoms with E-state index in [2.05, 4.69) is 5.32 Å². The molecule has 1 rings (SSSR count). The minimum absolute atomic E-state index is 0.0658. The van der Waals surface area contributed by atoms with Crippen LogP contribution in [0.2, 0.25) is 0 Å². The van der Waals surface area contributed by atoms with E-state index in [-0.39, 0.29) is 5.97 Å². The molecule has 1 saturated heterocycles. The number of carbonyl (C=O) groups is 1. The minimum atomic E-state index is -0.0658. The van der Waals surface area contributed by atoms with Crippen LogP contribution in [0.4, 0.5) is 0 Å². The highest BCUT2D eigenvalue weighted by Gasteiger charge is 2.26. The molecule has 15 heavy (non-hydrogen) atoms. The lowest BCUT2D eigenvalue weighted by atomic mass is 9.82. The Labute approximate surface area is 96.5 Å². The first-order chi connectivity index (χ1) is 7.27. The number of hydrogen-bond donors (Lipinski definition) is 1. The number of alkyl halides is 1. The van der Waals surface area contributed by atoms with Crippen LogP contribution >= 0.6 is 11.6 Å². The molecule has 0 amide bonds. The van der Waals surface area contributed by atoms with E-state index in [4.69, 9.17) is 16.3 Å². The Morgan fingerprint density at radius 1 is 1.53 bits per heavy atom. The minimum Gasteiger partial charge on any atom is -0.466 e. The first kappa shape index (κ1) is 12.8. The average molecular weight is 234 g/mol. The van der Waals surface area contributed by atoms with E-state index in [1.165, 1.54) is 0 Å². The van der Waals surface area contributed by atoms with Crippen molar-refractivity contribution in [1.82, 2.24) is 5.32 Å². The van der Waals surface area contributed by atoms with Crippen LogP contribution in [0.3, 0.4) is 0 Å². The number of esters is 1. The van der Waals surface area contributed by atoms with Gasteiger partial charge in [-0.05, 0) is 44.7 Å². The summed E-state index contributed by atoms with van der Waals surface area (Å²) in [5.74, 6) is 1.58. The van der Waals surface area contributed by atoms with Crippen LogP contribution in [-0.4, -0.2) is 31.5 Å². The molecule has 0 saturated carbocycles. The van der Waals surface area contributed by atoms with Gasteiger partial charge in [-0.2, -0.15) is 0 Å². The van der Waals surface area contributed by atoms with Crippen LogP contribution in [0.25, 0.3) is 0 Å². The summed E-state index contributed by atoms with van der Waals surface area (Å²) < 4.78 is 4.98. The first-order valence-corrected chi connectivity index (χ1v) is 6.23. The first-order valence-electron chi connectivity index (χ1n) is 5.70. The van der Waals surface area contributed by atoms with E-state index >= 15 is 0 Å². The van der Waals surface area contributed by atoms with E-state index in [1.807, 2.05) is 6.92 Å². The highest BCUT2D eigenvalue weighted by atomic mass is 35.5. The molecule has 1 aliphatic rings. The second-order valence-electron chi connectivity index (χ2n) is 4.00. The lowest BCUT2D eigenvalue weighted by Crippen LogP contribution is -2.38. The molecule has 0 bridgehead atoms. The average Bonchev–Trinajstić information content (AvgIpc) is 2.21. The van der Waals surface area contributed by atoms with Crippen molar-refractivity contribution in [2.24, 2.45) is 11.8 Å². The Balaban J connectivity index is 2.38. The number of rotatable bonds is 5. The summed E-state index contributed by atoms with van der Waals surface area (Å²) in [4.78, 5) is 11.4. The smallest absolute Gasteiger partial charge is 0.306 e. The van der Waals surface area contributed by atoms with Gasteiger partial charge in [-0.25, -0.2) is 0 Å². The van der Waals surface area contributed by atoms with Crippen molar-refractivity contribution in [3.05, 3.63) is 0 Å². The van der Waals surface area contributed by atoms with Gasteiger partial charge in [-0.15, -0.1) is 11.6 Å². The number of ether oxygens (including phenoxy) is 1. The Morgan fingerprint density at radius 2 is 2.33 bits per heavy atom. The topological polar surface area (TPSA) is 38.3 Å². The van der Waals surface area contributed by atoms with E-state index in [9.17, 15) is 4.79 Å². The summed E-state index contributed by atoms with van der Waals surface area (Å²) in [6.45, 7) is 4.31. The molecule has 3 nitrogen and oxygen atoms in total.